The van der Waals surface area contributed by atoms with Gasteiger partial charge in [0, 0.05) is 35.7 Å². The molecule has 0 saturated heterocycles. The minimum atomic E-state index is -0.707. The highest BCUT2D eigenvalue weighted by molar-refractivity contribution is 6.05. The van der Waals surface area contributed by atoms with Crippen LogP contribution in [0.2, 0.25) is 0 Å². The molecule has 7 N–H and O–H groups in total. The van der Waals surface area contributed by atoms with Gasteiger partial charge in [-0.2, -0.15) is 4.98 Å². The van der Waals surface area contributed by atoms with E-state index in [9.17, 15) is 14.0 Å². The molecule has 0 aliphatic heterocycles. The number of benzene rings is 2. The molecule has 1 unspecified atom stereocenters. The standard InChI is InChI=1S/C21H22FN7O2/c1-12(23)10-25-21-26-11-17(18(24)30)19(29-21)27-15-6-2-4-13(8-15)20(31)28-16-7-3-5-14(22)9-16/h2-9,11-12H,10,23H2,1H3,(H2,24,30)(H,28,31)(H2,25,26,27,29). The molecule has 1 heterocycles. The molecule has 3 aromatic rings. The largest absolute Gasteiger partial charge is 0.365 e. The monoisotopic (exact) mass is 423 g/mol. The highest BCUT2D eigenvalue weighted by Crippen LogP contribution is 2.21. The summed E-state index contributed by atoms with van der Waals surface area (Å²) >= 11 is 0. The van der Waals surface area contributed by atoms with Crippen molar-refractivity contribution in [2.45, 2.75) is 13.0 Å². The molecule has 1 aromatic heterocycles. The number of carbonyl (C=O) groups excluding carboxylic acids is 2. The lowest BCUT2D eigenvalue weighted by Crippen LogP contribution is -2.26. The first-order valence-electron chi connectivity index (χ1n) is 9.42. The smallest absolute Gasteiger partial charge is 0.255 e. The van der Waals surface area contributed by atoms with Crippen molar-refractivity contribution in [1.29, 1.82) is 0 Å². The summed E-state index contributed by atoms with van der Waals surface area (Å²) in [6.45, 7) is 2.26. The lowest BCUT2D eigenvalue weighted by Gasteiger charge is -2.13. The summed E-state index contributed by atoms with van der Waals surface area (Å²) < 4.78 is 13.3. The number of halogens is 1. The molecule has 0 aliphatic carbocycles. The molecule has 0 radical (unpaired) electrons. The van der Waals surface area contributed by atoms with Crippen LogP contribution in [0.25, 0.3) is 0 Å². The summed E-state index contributed by atoms with van der Waals surface area (Å²) in [4.78, 5) is 32.6. The summed E-state index contributed by atoms with van der Waals surface area (Å²) in [5.74, 6) is -1.14. The third-order valence-electron chi connectivity index (χ3n) is 4.11. The fourth-order valence-electron chi connectivity index (χ4n) is 2.64. The van der Waals surface area contributed by atoms with Crippen LogP contribution in [0.15, 0.2) is 54.7 Å². The number of amides is 2. The average Bonchev–Trinajstić information content (AvgIpc) is 2.72. The van der Waals surface area contributed by atoms with Gasteiger partial charge in [0.1, 0.15) is 17.2 Å². The van der Waals surface area contributed by atoms with Gasteiger partial charge in [0.25, 0.3) is 11.8 Å². The zero-order valence-corrected chi connectivity index (χ0v) is 16.7. The first kappa shape index (κ1) is 21.7. The number of nitrogens with one attached hydrogen (secondary N) is 3. The molecule has 31 heavy (non-hydrogen) atoms. The lowest BCUT2D eigenvalue weighted by atomic mass is 10.1. The number of nitrogens with zero attached hydrogens (tertiary/aromatic N) is 2. The van der Waals surface area contributed by atoms with Crippen molar-refractivity contribution >= 4 is 35.0 Å². The molecule has 9 nitrogen and oxygen atoms in total. The van der Waals surface area contributed by atoms with Crippen molar-refractivity contribution in [3.8, 4) is 0 Å². The molecule has 1 atom stereocenters. The van der Waals surface area contributed by atoms with E-state index in [0.29, 0.717) is 23.5 Å². The Morgan fingerprint density at radius 1 is 1.13 bits per heavy atom. The maximum atomic E-state index is 13.3. The van der Waals surface area contributed by atoms with Crippen LogP contribution in [-0.4, -0.2) is 34.4 Å². The van der Waals surface area contributed by atoms with E-state index in [1.54, 1.807) is 30.3 Å². The minimum absolute atomic E-state index is 0.0842. The molecule has 3 rings (SSSR count). The van der Waals surface area contributed by atoms with Crippen LogP contribution in [0.5, 0.6) is 0 Å². The van der Waals surface area contributed by atoms with Gasteiger partial charge in [-0.05, 0) is 43.3 Å². The molecule has 160 valence electrons. The van der Waals surface area contributed by atoms with Crippen LogP contribution in [-0.2, 0) is 0 Å². The Bertz CT molecular complexity index is 1100. The Hall–Kier alpha value is -4.05. The van der Waals surface area contributed by atoms with E-state index in [4.69, 9.17) is 11.5 Å². The summed E-state index contributed by atoms with van der Waals surface area (Å²) in [5.41, 5.74) is 12.4. The zero-order chi connectivity index (χ0) is 22.4. The maximum Gasteiger partial charge on any atom is 0.255 e. The SMILES string of the molecule is CC(N)CNc1ncc(C(N)=O)c(Nc2cccc(C(=O)Nc3cccc(F)c3)c2)n1. The van der Waals surface area contributed by atoms with E-state index < -0.39 is 17.6 Å². The van der Waals surface area contributed by atoms with E-state index in [0.717, 1.165) is 0 Å². The second-order valence-electron chi connectivity index (χ2n) is 6.85. The number of hydrogen-bond acceptors (Lipinski definition) is 7. The second kappa shape index (κ2) is 9.63. The average molecular weight is 423 g/mol. The Morgan fingerprint density at radius 3 is 2.58 bits per heavy atom. The molecule has 2 amide bonds. The number of carbonyl (C=O) groups is 2. The molecular weight excluding hydrogens is 401 g/mol. The molecule has 0 saturated carbocycles. The normalized spacial score (nSPS) is 11.5. The van der Waals surface area contributed by atoms with Gasteiger partial charge in [-0.1, -0.05) is 12.1 Å². The molecule has 10 heteroatoms. The number of hydrogen-bond donors (Lipinski definition) is 5. The quantitative estimate of drug-likeness (QED) is 0.374. The Labute approximate surface area is 178 Å². The number of rotatable bonds is 8. The highest BCUT2D eigenvalue weighted by Gasteiger charge is 2.14. The number of nitrogens with two attached hydrogens (primary N) is 2. The van der Waals surface area contributed by atoms with E-state index in [-0.39, 0.29) is 23.4 Å². The predicted octanol–water partition coefficient (Wildman–Crippen LogP) is 2.47. The van der Waals surface area contributed by atoms with Crippen molar-refractivity contribution in [3.05, 3.63) is 71.7 Å². The minimum Gasteiger partial charge on any atom is -0.365 e. The number of primary amides is 1. The van der Waals surface area contributed by atoms with Crippen molar-refractivity contribution in [3.63, 3.8) is 0 Å². The van der Waals surface area contributed by atoms with Gasteiger partial charge in [-0.3, -0.25) is 9.59 Å². The van der Waals surface area contributed by atoms with Crippen LogP contribution in [0.1, 0.15) is 27.6 Å². The van der Waals surface area contributed by atoms with Crippen molar-refractivity contribution in [1.82, 2.24) is 9.97 Å². The fourth-order valence-corrected chi connectivity index (χ4v) is 2.64. The van der Waals surface area contributed by atoms with Crippen LogP contribution in [0.3, 0.4) is 0 Å². The summed E-state index contributed by atoms with van der Waals surface area (Å²) in [6, 6.07) is 12.0. The summed E-state index contributed by atoms with van der Waals surface area (Å²) in [6.07, 6.45) is 1.31. The van der Waals surface area contributed by atoms with Crippen molar-refractivity contribution in [2.24, 2.45) is 11.5 Å². The Balaban J connectivity index is 1.81. The first-order valence-corrected chi connectivity index (χ1v) is 9.42. The van der Waals surface area contributed by atoms with E-state index in [2.05, 4.69) is 25.9 Å². The maximum absolute atomic E-state index is 13.3. The second-order valence-corrected chi connectivity index (χ2v) is 6.85. The zero-order valence-electron chi connectivity index (χ0n) is 16.7. The van der Waals surface area contributed by atoms with Crippen LogP contribution < -0.4 is 27.4 Å². The van der Waals surface area contributed by atoms with Crippen molar-refractivity contribution < 1.29 is 14.0 Å². The van der Waals surface area contributed by atoms with Gasteiger partial charge in [-0.15, -0.1) is 0 Å². The molecule has 0 bridgehead atoms. The van der Waals surface area contributed by atoms with Gasteiger partial charge < -0.3 is 27.4 Å². The highest BCUT2D eigenvalue weighted by atomic mass is 19.1. The molecule has 2 aromatic carbocycles. The summed E-state index contributed by atoms with van der Waals surface area (Å²) in [7, 11) is 0. The van der Waals surface area contributed by atoms with Gasteiger partial charge in [-0.25, -0.2) is 9.37 Å². The van der Waals surface area contributed by atoms with Crippen LogP contribution in [0.4, 0.5) is 27.5 Å². The third-order valence-corrected chi connectivity index (χ3v) is 4.11. The fraction of sp³-hybridized carbons (Fsp3) is 0.143. The predicted molar refractivity (Wildman–Crippen MR) is 117 cm³/mol. The molecule has 0 aliphatic rings. The topological polar surface area (TPSA) is 148 Å². The third kappa shape index (κ3) is 5.97. The molecule has 0 fully saturated rings. The van der Waals surface area contributed by atoms with E-state index in [1.165, 1.54) is 24.4 Å². The first-order chi connectivity index (χ1) is 14.8. The number of anilines is 4. The van der Waals surface area contributed by atoms with Crippen molar-refractivity contribution in [2.75, 3.05) is 22.5 Å². The van der Waals surface area contributed by atoms with Gasteiger partial charge in [0.15, 0.2) is 0 Å². The molecule has 0 spiro atoms. The lowest BCUT2D eigenvalue weighted by molar-refractivity contribution is 0.0997. The Kier molecular flexibility index (Phi) is 6.73. The number of aromatic nitrogens is 2. The van der Waals surface area contributed by atoms with E-state index in [1.807, 2.05) is 6.92 Å². The van der Waals surface area contributed by atoms with Gasteiger partial charge >= 0.3 is 0 Å². The summed E-state index contributed by atoms with van der Waals surface area (Å²) in [5, 5.41) is 8.58. The van der Waals surface area contributed by atoms with Gasteiger partial charge in [0.05, 0.1) is 0 Å². The van der Waals surface area contributed by atoms with Crippen LogP contribution >= 0.6 is 0 Å². The van der Waals surface area contributed by atoms with Crippen LogP contribution in [0, 0.1) is 5.82 Å². The van der Waals surface area contributed by atoms with Gasteiger partial charge in [0.2, 0.25) is 5.95 Å². The van der Waals surface area contributed by atoms with E-state index >= 15 is 0 Å². The Morgan fingerprint density at radius 2 is 1.87 bits per heavy atom. The molecular formula is C21H22FN7O2.